The zero-order valence-electron chi connectivity index (χ0n) is 15.7. The minimum absolute atomic E-state index is 0.0776. The second kappa shape index (κ2) is 9.88. The van der Waals surface area contributed by atoms with Crippen molar-refractivity contribution in [2.45, 2.75) is 32.9 Å². The third-order valence-corrected chi connectivity index (χ3v) is 3.65. The van der Waals surface area contributed by atoms with Crippen molar-refractivity contribution in [3.8, 4) is 11.5 Å². The van der Waals surface area contributed by atoms with Crippen LogP contribution >= 0.6 is 0 Å². The largest absolute Gasteiger partial charge is 0.497 e. The zero-order chi connectivity index (χ0) is 19.0. The molecule has 0 aliphatic rings. The van der Waals surface area contributed by atoms with Gasteiger partial charge in [0.15, 0.2) is 0 Å². The Bertz CT molecular complexity index is 567. The minimum atomic E-state index is -0.663. The highest BCUT2D eigenvalue weighted by Gasteiger charge is 2.26. The van der Waals surface area contributed by atoms with Crippen LogP contribution in [0, 0.1) is 5.92 Å². The number of carbonyl (C=O) groups excluding carboxylic acids is 2. The van der Waals surface area contributed by atoms with Gasteiger partial charge in [-0.3, -0.25) is 9.59 Å². The summed E-state index contributed by atoms with van der Waals surface area (Å²) in [6.07, 6.45) is 0. The Hall–Kier alpha value is -2.28. The van der Waals surface area contributed by atoms with E-state index in [9.17, 15) is 9.59 Å². The van der Waals surface area contributed by atoms with Crippen LogP contribution in [0.4, 0.5) is 0 Å². The summed E-state index contributed by atoms with van der Waals surface area (Å²) >= 11 is 0. The van der Waals surface area contributed by atoms with Gasteiger partial charge in [0.1, 0.15) is 17.5 Å². The van der Waals surface area contributed by atoms with Gasteiger partial charge < -0.3 is 24.8 Å². The van der Waals surface area contributed by atoms with Gasteiger partial charge in [-0.25, -0.2) is 0 Å². The lowest BCUT2D eigenvalue weighted by Crippen LogP contribution is -2.52. The third-order valence-electron chi connectivity index (χ3n) is 3.65. The third kappa shape index (κ3) is 6.26. The normalized spacial score (nSPS) is 13.1. The van der Waals surface area contributed by atoms with Crippen LogP contribution in [-0.4, -0.2) is 51.8 Å². The predicted octanol–water partition coefficient (Wildman–Crippen LogP) is 1.61. The Morgan fingerprint density at radius 2 is 1.52 bits per heavy atom. The van der Waals surface area contributed by atoms with E-state index in [4.69, 9.17) is 14.2 Å². The lowest BCUT2D eigenvalue weighted by molar-refractivity contribution is -0.124. The Balaban J connectivity index is 2.91. The van der Waals surface area contributed by atoms with Crippen LogP contribution in [-0.2, 0) is 9.53 Å². The Morgan fingerprint density at radius 3 is 1.96 bits per heavy atom. The standard InChI is InChI=1S/C18H28N2O5/c1-11(2)16(18(22)19-12(3)10-23-4)20-17(21)13-7-14(24-5)9-15(8-13)25-6/h7-9,11-12,16H,10H2,1-6H3,(H,19,22)(H,20,21). The summed E-state index contributed by atoms with van der Waals surface area (Å²) in [6.45, 7) is 5.99. The maximum Gasteiger partial charge on any atom is 0.252 e. The molecule has 0 spiro atoms. The molecule has 0 aliphatic heterocycles. The Kier molecular flexibility index (Phi) is 8.21. The van der Waals surface area contributed by atoms with Crippen molar-refractivity contribution in [2.75, 3.05) is 27.9 Å². The van der Waals surface area contributed by atoms with Crippen LogP contribution in [0.1, 0.15) is 31.1 Å². The van der Waals surface area contributed by atoms with Gasteiger partial charge in [0.25, 0.3) is 5.91 Å². The first-order valence-corrected chi connectivity index (χ1v) is 8.15. The maximum atomic E-state index is 12.6. The molecule has 2 atom stereocenters. The highest BCUT2D eigenvalue weighted by atomic mass is 16.5. The summed E-state index contributed by atoms with van der Waals surface area (Å²) in [5.41, 5.74) is 0.361. The fraction of sp³-hybridized carbons (Fsp3) is 0.556. The lowest BCUT2D eigenvalue weighted by Gasteiger charge is -2.24. The summed E-state index contributed by atoms with van der Waals surface area (Å²) in [7, 11) is 4.59. The number of amides is 2. The first-order chi connectivity index (χ1) is 11.8. The average Bonchev–Trinajstić information content (AvgIpc) is 2.58. The number of hydrogen-bond acceptors (Lipinski definition) is 5. The fourth-order valence-electron chi connectivity index (χ4n) is 2.32. The highest BCUT2D eigenvalue weighted by Crippen LogP contribution is 2.22. The summed E-state index contributed by atoms with van der Waals surface area (Å²) in [5, 5.41) is 5.62. The van der Waals surface area contributed by atoms with Gasteiger partial charge in [-0.1, -0.05) is 13.8 Å². The molecule has 1 aromatic rings. The van der Waals surface area contributed by atoms with E-state index in [2.05, 4.69) is 10.6 Å². The molecule has 0 saturated heterocycles. The molecule has 2 amide bonds. The number of ether oxygens (including phenoxy) is 3. The second-order valence-electron chi connectivity index (χ2n) is 6.16. The van der Waals surface area contributed by atoms with Gasteiger partial charge in [-0.2, -0.15) is 0 Å². The molecule has 0 heterocycles. The van der Waals surface area contributed by atoms with E-state index in [0.717, 1.165) is 0 Å². The number of rotatable bonds is 9. The fourth-order valence-corrected chi connectivity index (χ4v) is 2.32. The molecule has 0 aliphatic carbocycles. The van der Waals surface area contributed by atoms with E-state index in [1.54, 1.807) is 25.3 Å². The van der Waals surface area contributed by atoms with Crippen LogP contribution < -0.4 is 20.1 Å². The summed E-state index contributed by atoms with van der Waals surface area (Å²) in [5.74, 6) is 0.312. The van der Waals surface area contributed by atoms with Crippen molar-refractivity contribution >= 4 is 11.8 Å². The van der Waals surface area contributed by atoms with Crippen molar-refractivity contribution in [2.24, 2.45) is 5.92 Å². The van der Waals surface area contributed by atoms with Crippen LogP contribution in [0.2, 0.25) is 0 Å². The van der Waals surface area contributed by atoms with E-state index in [-0.39, 0.29) is 23.8 Å². The van der Waals surface area contributed by atoms with Gasteiger partial charge in [-0.05, 0) is 25.0 Å². The number of benzene rings is 1. The molecule has 1 aromatic carbocycles. The number of hydrogen-bond donors (Lipinski definition) is 2. The SMILES string of the molecule is COCC(C)NC(=O)C(NC(=O)c1cc(OC)cc(OC)c1)C(C)C. The monoisotopic (exact) mass is 352 g/mol. The minimum Gasteiger partial charge on any atom is -0.497 e. The van der Waals surface area contributed by atoms with E-state index < -0.39 is 6.04 Å². The quantitative estimate of drug-likeness (QED) is 0.705. The van der Waals surface area contributed by atoms with Crippen molar-refractivity contribution < 1.29 is 23.8 Å². The summed E-state index contributed by atoms with van der Waals surface area (Å²) in [6, 6.07) is 4.06. The first kappa shape index (κ1) is 20.8. The summed E-state index contributed by atoms with van der Waals surface area (Å²) < 4.78 is 15.4. The first-order valence-electron chi connectivity index (χ1n) is 8.15. The molecule has 7 heteroatoms. The zero-order valence-corrected chi connectivity index (χ0v) is 15.7. The van der Waals surface area contributed by atoms with Gasteiger partial charge in [0, 0.05) is 24.8 Å². The molecule has 2 unspecified atom stereocenters. The van der Waals surface area contributed by atoms with Gasteiger partial charge >= 0.3 is 0 Å². The van der Waals surface area contributed by atoms with Gasteiger partial charge in [0.05, 0.1) is 20.8 Å². The summed E-state index contributed by atoms with van der Waals surface area (Å²) in [4.78, 5) is 25.0. The van der Waals surface area contributed by atoms with Crippen LogP contribution in [0.25, 0.3) is 0 Å². The molecule has 2 N–H and O–H groups in total. The van der Waals surface area contributed by atoms with E-state index >= 15 is 0 Å². The molecule has 140 valence electrons. The van der Waals surface area contributed by atoms with Crippen LogP contribution in [0.5, 0.6) is 11.5 Å². The number of carbonyl (C=O) groups is 2. The average molecular weight is 352 g/mol. The lowest BCUT2D eigenvalue weighted by atomic mass is 10.0. The highest BCUT2D eigenvalue weighted by molar-refractivity contribution is 5.98. The Labute approximate surface area is 149 Å². The molecule has 0 radical (unpaired) electrons. The van der Waals surface area contributed by atoms with Crippen LogP contribution in [0.15, 0.2) is 18.2 Å². The molecule has 7 nitrogen and oxygen atoms in total. The Morgan fingerprint density at radius 1 is 0.960 bits per heavy atom. The smallest absolute Gasteiger partial charge is 0.252 e. The van der Waals surface area contributed by atoms with Crippen molar-refractivity contribution in [3.05, 3.63) is 23.8 Å². The van der Waals surface area contributed by atoms with E-state index in [0.29, 0.717) is 23.7 Å². The molecule has 0 saturated carbocycles. The van der Waals surface area contributed by atoms with Crippen molar-refractivity contribution in [3.63, 3.8) is 0 Å². The van der Waals surface area contributed by atoms with E-state index in [1.165, 1.54) is 14.2 Å². The predicted molar refractivity (Wildman–Crippen MR) is 95.1 cm³/mol. The molecule has 0 aromatic heterocycles. The molecule has 0 bridgehead atoms. The molecule has 0 fully saturated rings. The molecule has 1 rings (SSSR count). The maximum absolute atomic E-state index is 12.6. The second-order valence-corrected chi connectivity index (χ2v) is 6.16. The van der Waals surface area contributed by atoms with Crippen molar-refractivity contribution in [1.82, 2.24) is 10.6 Å². The van der Waals surface area contributed by atoms with Gasteiger partial charge in [0.2, 0.25) is 5.91 Å². The van der Waals surface area contributed by atoms with Crippen LogP contribution in [0.3, 0.4) is 0 Å². The topological polar surface area (TPSA) is 85.9 Å². The number of methoxy groups -OCH3 is 3. The number of nitrogens with one attached hydrogen (secondary N) is 2. The van der Waals surface area contributed by atoms with E-state index in [1.807, 2.05) is 20.8 Å². The molecular weight excluding hydrogens is 324 g/mol. The molecule has 25 heavy (non-hydrogen) atoms. The molecular formula is C18H28N2O5. The van der Waals surface area contributed by atoms with Crippen molar-refractivity contribution in [1.29, 1.82) is 0 Å². The van der Waals surface area contributed by atoms with Gasteiger partial charge in [-0.15, -0.1) is 0 Å².